The first-order valence-electron chi connectivity index (χ1n) is 20.7. The van der Waals surface area contributed by atoms with E-state index < -0.39 is 57.4 Å². The van der Waals surface area contributed by atoms with Gasteiger partial charge in [-0.3, -0.25) is 18.6 Å². The first kappa shape index (κ1) is 54.6. The topological polar surface area (TPSA) is 195 Å². The Hall–Kier alpha value is -3.45. The molecular weight excluding hydrogens is 761 g/mol. The number of nitrogens with two attached hydrogens (primary N) is 1. The molecule has 0 amide bonds. The van der Waals surface area contributed by atoms with E-state index in [1.54, 1.807) is 42.5 Å². The average Bonchev–Trinajstić information content (AvgIpc) is 3.20. The van der Waals surface area contributed by atoms with Gasteiger partial charge in [-0.25, -0.2) is 4.57 Å². The van der Waals surface area contributed by atoms with Gasteiger partial charge >= 0.3 is 19.8 Å². The number of aliphatic hydroxyl groups is 3. The van der Waals surface area contributed by atoms with Crippen molar-refractivity contribution in [3.63, 3.8) is 0 Å². The van der Waals surface area contributed by atoms with Crippen molar-refractivity contribution in [3.8, 4) is 0 Å². The Bertz CT molecular complexity index is 1370. The van der Waals surface area contributed by atoms with E-state index in [4.69, 9.17) is 24.3 Å². The summed E-state index contributed by atoms with van der Waals surface area (Å²) in [6, 6.07) is 0. The predicted molar refractivity (Wildman–Crippen MR) is 233 cm³/mol. The molecule has 1 unspecified atom stereocenters. The highest BCUT2D eigenvalue weighted by molar-refractivity contribution is 7.47. The number of phosphoric acid groups is 1. The average molecular weight is 834 g/mol. The van der Waals surface area contributed by atoms with Crippen LogP contribution in [0.15, 0.2) is 109 Å². The molecule has 0 aliphatic rings. The quantitative estimate of drug-likeness (QED) is 0.0133. The summed E-state index contributed by atoms with van der Waals surface area (Å²) in [5.41, 5.74) is 5.32. The summed E-state index contributed by atoms with van der Waals surface area (Å²) in [6.07, 6.45) is 40.7. The molecule has 0 aliphatic carbocycles. The standard InChI is InChI=1S/C45H72NO11P/c1-3-5-7-8-9-10-11-12-13-14-15-16-17-18-19-24-28-34-45(51)57-41(39-56-58(52,53)55-37-36-46)38-54-44(50)35-29-33-43(49)42(48)32-27-23-21-20-22-26-31-40(47)30-25-6-4-2/h5,7,9-10,12-13,15-16,18-23,26-27,31-32,40-43,47-49H,3-4,6,8,11,14,17,24-25,28-30,33-39,46H2,1-2H3,(H,52,53)/b7-5-,10-9-,13-12-,16-15-,19-18-,22-20-,23-21+,31-26+,32-27+/t40-,41-,42-,43-/m1/s1. The third-order valence-corrected chi connectivity index (χ3v) is 8.99. The van der Waals surface area contributed by atoms with Crippen LogP contribution >= 0.6 is 7.82 Å². The fourth-order valence-corrected chi connectivity index (χ4v) is 5.58. The van der Waals surface area contributed by atoms with E-state index in [2.05, 4.69) is 62.5 Å². The Morgan fingerprint density at radius 1 is 0.655 bits per heavy atom. The van der Waals surface area contributed by atoms with E-state index in [1.807, 2.05) is 12.2 Å². The lowest BCUT2D eigenvalue weighted by Gasteiger charge is -2.20. The van der Waals surface area contributed by atoms with Crippen LogP contribution in [-0.4, -0.2) is 82.9 Å². The maximum absolute atomic E-state index is 12.6. The van der Waals surface area contributed by atoms with Gasteiger partial charge in [-0.1, -0.05) is 142 Å². The second kappa shape index (κ2) is 39.0. The van der Waals surface area contributed by atoms with Crippen molar-refractivity contribution in [1.82, 2.24) is 0 Å². The van der Waals surface area contributed by atoms with Gasteiger partial charge in [-0.15, -0.1) is 0 Å². The van der Waals surface area contributed by atoms with Gasteiger partial charge in [0.1, 0.15) is 6.61 Å². The molecule has 0 aromatic carbocycles. The second-order valence-corrected chi connectivity index (χ2v) is 14.8. The summed E-state index contributed by atoms with van der Waals surface area (Å²) in [4.78, 5) is 34.8. The highest BCUT2D eigenvalue weighted by Crippen LogP contribution is 2.43. The SMILES string of the molecule is CC/C=C\C/C=C\C/C=C\C/C=C\C/C=C\CCCC(=O)O[C@H](COC(=O)CCC[C@@H](O)[C@H](O)/C=C/C=C/C=C\C=C\[C@H](O)CCCCC)COP(=O)(O)OCCN. The number of ether oxygens (including phenoxy) is 2. The summed E-state index contributed by atoms with van der Waals surface area (Å²) in [5, 5.41) is 30.4. The van der Waals surface area contributed by atoms with Crippen molar-refractivity contribution in [1.29, 1.82) is 0 Å². The molecule has 0 saturated carbocycles. The number of aliphatic hydroxyl groups excluding tert-OH is 3. The van der Waals surface area contributed by atoms with Crippen LogP contribution in [0.4, 0.5) is 0 Å². The molecule has 0 radical (unpaired) electrons. The van der Waals surface area contributed by atoms with Crippen LogP contribution in [0.3, 0.4) is 0 Å². The minimum atomic E-state index is -4.48. The van der Waals surface area contributed by atoms with Crippen LogP contribution in [0.5, 0.6) is 0 Å². The maximum Gasteiger partial charge on any atom is 0.472 e. The van der Waals surface area contributed by atoms with Crippen molar-refractivity contribution in [3.05, 3.63) is 109 Å². The molecule has 13 heteroatoms. The van der Waals surface area contributed by atoms with E-state index in [0.29, 0.717) is 12.8 Å². The molecule has 5 atom stereocenters. The molecule has 0 rings (SSSR count). The molecule has 0 aromatic heterocycles. The Labute approximate surface area is 347 Å². The highest BCUT2D eigenvalue weighted by atomic mass is 31.2. The lowest BCUT2D eigenvalue weighted by molar-refractivity contribution is -0.161. The lowest BCUT2D eigenvalue weighted by Crippen LogP contribution is -2.29. The summed E-state index contributed by atoms with van der Waals surface area (Å²) in [6.45, 7) is 3.01. The number of hydrogen-bond donors (Lipinski definition) is 5. The zero-order valence-electron chi connectivity index (χ0n) is 34.8. The number of carbonyl (C=O) groups is 2. The molecule has 328 valence electrons. The number of esters is 2. The van der Waals surface area contributed by atoms with Gasteiger partial charge < -0.3 is 35.4 Å². The number of hydrogen-bond acceptors (Lipinski definition) is 11. The Balaban J connectivity index is 4.64. The number of unbranched alkanes of at least 4 members (excludes halogenated alkanes) is 3. The zero-order valence-corrected chi connectivity index (χ0v) is 35.7. The van der Waals surface area contributed by atoms with Gasteiger partial charge in [0.05, 0.1) is 31.5 Å². The Kier molecular flexibility index (Phi) is 36.7. The summed E-state index contributed by atoms with van der Waals surface area (Å²) in [7, 11) is -4.48. The Morgan fingerprint density at radius 3 is 1.83 bits per heavy atom. The molecule has 12 nitrogen and oxygen atoms in total. The zero-order chi connectivity index (χ0) is 43.0. The molecule has 0 aromatic rings. The minimum absolute atomic E-state index is 0.0110. The third-order valence-electron chi connectivity index (χ3n) is 8.01. The summed E-state index contributed by atoms with van der Waals surface area (Å²) >= 11 is 0. The normalized spacial score (nSPS) is 16.1. The number of rotatable bonds is 36. The molecule has 0 fully saturated rings. The summed E-state index contributed by atoms with van der Waals surface area (Å²) < 4.78 is 32.4. The minimum Gasteiger partial charge on any atom is -0.462 e. The summed E-state index contributed by atoms with van der Waals surface area (Å²) in [5.74, 6) is -1.24. The van der Waals surface area contributed by atoms with Crippen LogP contribution in [0.25, 0.3) is 0 Å². The van der Waals surface area contributed by atoms with Gasteiger partial charge in [-0.2, -0.15) is 0 Å². The third kappa shape index (κ3) is 36.9. The molecule has 6 N–H and O–H groups in total. The lowest BCUT2D eigenvalue weighted by atomic mass is 10.1. The van der Waals surface area contributed by atoms with Crippen molar-refractivity contribution in [2.75, 3.05) is 26.4 Å². The van der Waals surface area contributed by atoms with Crippen LogP contribution in [0.2, 0.25) is 0 Å². The molecule has 0 aliphatic heterocycles. The van der Waals surface area contributed by atoms with E-state index in [1.165, 1.54) is 6.08 Å². The fraction of sp³-hybridized carbons (Fsp3) is 0.556. The molecule has 0 bridgehead atoms. The molecule has 0 saturated heterocycles. The second-order valence-electron chi connectivity index (χ2n) is 13.3. The van der Waals surface area contributed by atoms with Crippen LogP contribution in [0.1, 0.15) is 110 Å². The van der Waals surface area contributed by atoms with Crippen molar-refractivity contribution in [2.24, 2.45) is 5.73 Å². The van der Waals surface area contributed by atoms with Gasteiger partial charge in [0, 0.05) is 19.4 Å². The molecular formula is C45H72NO11P. The van der Waals surface area contributed by atoms with Gasteiger partial charge in [0.15, 0.2) is 6.10 Å². The van der Waals surface area contributed by atoms with Crippen molar-refractivity contribution in [2.45, 2.75) is 135 Å². The van der Waals surface area contributed by atoms with E-state index in [9.17, 15) is 34.4 Å². The fourth-order valence-electron chi connectivity index (χ4n) is 4.82. The van der Waals surface area contributed by atoms with Crippen LogP contribution < -0.4 is 5.73 Å². The van der Waals surface area contributed by atoms with E-state index >= 15 is 0 Å². The molecule has 58 heavy (non-hydrogen) atoms. The monoisotopic (exact) mass is 833 g/mol. The largest absolute Gasteiger partial charge is 0.472 e. The van der Waals surface area contributed by atoms with Gasteiger partial charge in [-0.05, 0) is 64.2 Å². The first-order chi connectivity index (χ1) is 28.0. The maximum atomic E-state index is 12.6. The number of carbonyl (C=O) groups excluding carboxylic acids is 2. The predicted octanol–water partition coefficient (Wildman–Crippen LogP) is 8.51. The molecule has 0 heterocycles. The molecule has 0 spiro atoms. The highest BCUT2D eigenvalue weighted by Gasteiger charge is 2.26. The first-order valence-corrected chi connectivity index (χ1v) is 22.2. The van der Waals surface area contributed by atoms with Crippen LogP contribution in [-0.2, 0) is 32.7 Å². The number of allylic oxidation sites excluding steroid dienone is 16. The van der Waals surface area contributed by atoms with E-state index in [-0.39, 0.29) is 38.8 Å². The van der Waals surface area contributed by atoms with Crippen LogP contribution in [0, 0.1) is 0 Å². The number of phosphoric ester groups is 1. The van der Waals surface area contributed by atoms with Crippen molar-refractivity contribution < 1.29 is 52.9 Å². The Morgan fingerprint density at radius 2 is 1.22 bits per heavy atom. The smallest absolute Gasteiger partial charge is 0.462 e. The van der Waals surface area contributed by atoms with Gasteiger partial charge in [0.25, 0.3) is 0 Å². The van der Waals surface area contributed by atoms with Gasteiger partial charge in [0.2, 0.25) is 0 Å². The van der Waals surface area contributed by atoms with Crippen molar-refractivity contribution >= 4 is 19.8 Å². The van der Waals surface area contributed by atoms with E-state index in [0.717, 1.165) is 57.8 Å².